The molecule has 3 atom stereocenters. The lowest BCUT2D eigenvalue weighted by Gasteiger charge is -2.34. The zero-order valence-electron chi connectivity index (χ0n) is 25.4. The minimum Gasteiger partial charge on any atom is -0.497 e. The lowest BCUT2D eigenvalue weighted by atomic mass is 9.82. The number of sulfone groups is 1. The van der Waals surface area contributed by atoms with Crippen molar-refractivity contribution >= 4 is 21.7 Å². The van der Waals surface area contributed by atoms with Gasteiger partial charge in [0.25, 0.3) is 5.91 Å². The van der Waals surface area contributed by atoms with Gasteiger partial charge in [-0.05, 0) is 50.1 Å². The Kier molecular flexibility index (Phi) is 7.41. The van der Waals surface area contributed by atoms with Crippen LogP contribution in [0, 0.1) is 0 Å². The van der Waals surface area contributed by atoms with Crippen LogP contribution >= 0.6 is 0 Å². The van der Waals surface area contributed by atoms with Gasteiger partial charge in [-0.3, -0.25) is 14.6 Å². The van der Waals surface area contributed by atoms with Gasteiger partial charge in [0, 0.05) is 41.9 Å². The summed E-state index contributed by atoms with van der Waals surface area (Å²) < 4.78 is 77.4. The highest BCUT2D eigenvalue weighted by Crippen LogP contribution is 2.50. The molecule has 7 rings (SSSR count). The largest absolute Gasteiger partial charge is 0.586 e. The second-order valence-corrected chi connectivity index (χ2v) is 14.5. The first-order chi connectivity index (χ1) is 22.3. The number of methoxy groups -OCH3 is 1. The summed E-state index contributed by atoms with van der Waals surface area (Å²) in [6.07, 6.45) is -1.97. The summed E-state index contributed by atoms with van der Waals surface area (Å²) in [5.41, 5.74) is 0.693. The van der Waals surface area contributed by atoms with Crippen LogP contribution in [0.1, 0.15) is 65.5 Å². The average molecular weight is 672 g/mol. The van der Waals surface area contributed by atoms with Crippen molar-refractivity contribution in [2.24, 2.45) is 0 Å². The van der Waals surface area contributed by atoms with Gasteiger partial charge >= 0.3 is 6.29 Å². The van der Waals surface area contributed by atoms with E-state index in [9.17, 15) is 26.8 Å². The van der Waals surface area contributed by atoms with Gasteiger partial charge in [0.2, 0.25) is 5.91 Å². The molecule has 2 aromatic carbocycles. The number of nitrogens with one attached hydrogen (secondary N) is 2. The van der Waals surface area contributed by atoms with E-state index in [1.165, 1.54) is 25.4 Å². The summed E-state index contributed by atoms with van der Waals surface area (Å²) in [7, 11) is -1.53. The first-order valence-electron chi connectivity index (χ1n) is 15.0. The lowest BCUT2D eigenvalue weighted by molar-refractivity contribution is -0.286. The molecule has 0 radical (unpaired) electrons. The molecule has 1 saturated heterocycles. The maximum atomic E-state index is 14.0. The Balaban J connectivity index is 1.10. The van der Waals surface area contributed by atoms with Crippen LogP contribution in [-0.4, -0.2) is 62.8 Å². The molecule has 12 nitrogen and oxygen atoms in total. The van der Waals surface area contributed by atoms with Crippen molar-refractivity contribution in [1.82, 2.24) is 15.6 Å². The number of halogens is 2. The first-order valence-corrected chi connectivity index (χ1v) is 16.8. The number of pyridine rings is 1. The van der Waals surface area contributed by atoms with Crippen LogP contribution in [0.25, 0.3) is 0 Å². The highest BCUT2D eigenvalue weighted by molar-refractivity contribution is 7.91. The molecule has 2 amide bonds. The number of nitrogens with zero attached hydrogens (tertiary/aromatic N) is 1. The number of alkyl halides is 2. The number of carbonyl (C=O) groups is 2. The third-order valence-electron chi connectivity index (χ3n) is 9.00. The molecule has 3 aromatic rings. The second-order valence-electron chi connectivity index (χ2n) is 12.2. The number of aromatic nitrogens is 1. The quantitative estimate of drug-likeness (QED) is 0.397. The number of amides is 2. The Bertz CT molecular complexity index is 1860. The van der Waals surface area contributed by atoms with Crippen LogP contribution in [0.5, 0.6) is 28.7 Å². The summed E-state index contributed by atoms with van der Waals surface area (Å²) in [5, 5.41) is 5.99. The van der Waals surface area contributed by atoms with Crippen molar-refractivity contribution in [3.63, 3.8) is 0 Å². The number of carbonyl (C=O) groups excluding carboxylic acids is 2. The SMILES string of the molecule is COc1ccc2c(c1)O[C@@H](c1ccc(C(=O)NC3CCS(=O)(=O)CC3)cn1)C[C@H]2NC(=O)[C@@]1(C)COc2cc3c(cc21)OC(F)(F)O3. The van der Waals surface area contributed by atoms with Crippen molar-refractivity contribution in [1.29, 1.82) is 0 Å². The van der Waals surface area contributed by atoms with Gasteiger partial charge in [0.05, 0.1) is 35.9 Å². The summed E-state index contributed by atoms with van der Waals surface area (Å²) in [4.78, 5) is 31.3. The van der Waals surface area contributed by atoms with Crippen LogP contribution in [0.15, 0.2) is 48.7 Å². The third kappa shape index (κ3) is 5.88. The normalized spacial score (nSPS) is 25.0. The summed E-state index contributed by atoms with van der Waals surface area (Å²) in [6.45, 7) is 1.63. The first kappa shape index (κ1) is 31.0. The second kappa shape index (κ2) is 11.2. The number of ether oxygens (including phenoxy) is 5. The van der Waals surface area contributed by atoms with E-state index >= 15 is 0 Å². The number of hydrogen-bond donors (Lipinski definition) is 2. The van der Waals surface area contributed by atoms with Gasteiger partial charge in [0.15, 0.2) is 11.5 Å². The van der Waals surface area contributed by atoms with Crippen LogP contribution in [0.2, 0.25) is 0 Å². The Labute approximate surface area is 268 Å². The van der Waals surface area contributed by atoms with E-state index in [2.05, 4.69) is 25.1 Å². The number of hydrogen-bond acceptors (Lipinski definition) is 10. The molecule has 0 spiro atoms. The van der Waals surface area contributed by atoms with Crippen molar-refractivity contribution < 1.29 is 50.5 Å². The molecule has 248 valence electrons. The predicted octanol–water partition coefficient (Wildman–Crippen LogP) is 3.75. The summed E-state index contributed by atoms with van der Waals surface area (Å²) >= 11 is 0. The fourth-order valence-corrected chi connectivity index (χ4v) is 7.75. The molecular weight excluding hydrogens is 640 g/mol. The molecule has 4 aliphatic rings. The molecule has 0 unspecified atom stereocenters. The molecule has 0 aliphatic carbocycles. The zero-order valence-corrected chi connectivity index (χ0v) is 26.2. The molecule has 2 N–H and O–H groups in total. The van der Waals surface area contributed by atoms with E-state index in [-0.39, 0.29) is 53.7 Å². The van der Waals surface area contributed by atoms with Crippen molar-refractivity contribution in [3.8, 4) is 28.7 Å². The third-order valence-corrected chi connectivity index (χ3v) is 10.7. The van der Waals surface area contributed by atoms with E-state index in [4.69, 9.17) is 14.2 Å². The van der Waals surface area contributed by atoms with Crippen molar-refractivity contribution in [2.75, 3.05) is 25.2 Å². The fourth-order valence-electron chi connectivity index (χ4n) is 6.26. The van der Waals surface area contributed by atoms with Crippen LogP contribution in [0.4, 0.5) is 8.78 Å². The molecular formula is C32H31F2N3O9S. The maximum Gasteiger partial charge on any atom is 0.586 e. The van der Waals surface area contributed by atoms with Crippen LogP contribution in [0.3, 0.4) is 0 Å². The monoisotopic (exact) mass is 671 g/mol. The summed E-state index contributed by atoms with van der Waals surface area (Å²) in [6, 6.07) is 10.4. The topological polar surface area (TPSA) is 151 Å². The van der Waals surface area contributed by atoms with Gasteiger partial charge in [0.1, 0.15) is 45.2 Å². The van der Waals surface area contributed by atoms with Crippen molar-refractivity contribution in [3.05, 3.63) is 71.0 Å². The molecule has 15 heteroatoms. The number of benzene rings is 2. The van der Waals surface area contributed by atoms with E-state index in [0.717, 1.165) is 0 Å². The Morgan fingerprint density at radius 1 is 0.979 bits per heavy atom. The Hall–Kier alpha value is -4.66. The smallest absolute Gasteiger partial charge is 0.497 e. The van der Waals surface area contributed by atoms with Gasteiger partial charge in [-0.25, -0.2) is 8.42 Å². The van der Waals surface area contributed by atoms with Crippen LogP contribution in [-0.2, 0) is 20.0 Å². The van der Waals surface area contributed by atoms with E-state index < -0.39 is 39.6 Å². The molecule has 47 heavy (non-hydrogen) atoms. The Morgan fingerprint density at radius 3 is 2.43 bits per heavy atom. The van der Waals surface area contributed by atoms with Crippen LogP contribution < -0.4 is 34.3 Å². The van der Waals surface area contributed by atoms with E-state index in [1.807, 2.05) is 0 Å². The lowest BCUT2D eigenvalue weighted by Crippen LogP contribution is -2.46. The summed E-state index contributed by atoms with van der Waals surface area (Å²) in [5.74, 6) is 0.248. The molecule has 0 bridgehead atoms. The van der Waals surface area contributed by atoms with Gasteiger partial charge < -0.3 is 34.3 Å². The van der Waals surface area contributed by atoms with Gasteiger partial charge in [-0.2, -0.15) is 0 Å². The zero-order chi connectivity index (χ0) is 33.1. The fraction of sp³-hybridized carbons (Fsp3) is 0.406. The molecule has 1 fully saturated rings. The van der Waals surface area contributed by atoms with Gasteiger partial charge in [-0.1, -0.05) is 0 Å². The molecule has 4 aliphatic heterocycles. The van der Waals surface area contributed by atoms with Crippen molar-refractivity contribution in [2.45, 2.75) is 56.1 Å². The highest BCUT2D eigenvalue weighted by Gasteiger charge is 2.49. The van der Waals surface area contributed by atoms with E-state index in [0.29, 0.717) is 46.7 Å². The molecule has 5 heterocycles. The highest BCUT2D eigenvalue weighted by atomic mass is 32.2. The van der Waals surface area contributed by atoms with Gasteiger partial charge in [-0.15, -0.1) is 8.78 Å². The van der Waals surface area contributed by atoms with E-state index in [1.54, 1.807) is 37.3 Å². The average Bonchev–Trinajstić information content (AvgIpc) is 3.54. The number of fused-ring (bicyclic) bond motifs is 3. The Morgan fingerprint density at radius 2 is 1.72 bits per heavy atom. The maximum absolute atomic E-state index is 14.0. The molecule has 1 aromatic heterocycles. The minimum absolute atomic E-state index is 0.0304. The minimum atomic E-state index is -3.81. The molecule has 0 saturated carbocycles. The standard InChI is InChI=1S/C32H31F2N3O9S/c1-31(16-43-25-14-28-27(12-21(25)31)45-32(33,34)46-28)30(39)37-23-13-26(44-24-11-19(42-2)4-5-20(23)24)22-6-3-17(15-35-22)29(38)36-18-7-9-47(40,41)10-8-18/h3-6,11-12,14-15,18,23,26H,7-10,13,16H2,1-2H3,(H,36,38)(H,37,39)/t23-,26-,31+/m1/s1. The predicted molar refractivity (Wildman–Crippen MR) is 161 cm³/mol. The number of rotatable bonds is 6.